The van der Waals surface area contributed by atoms with Gasteiger partial charge in [0.2, 0.25) is 0 Å². The van der Waals surface area contributed by atoms with E-state index in [1.807, 2.05) is 14.1 Å². The van der Waals surface area contributed by atoms with E-state index in [-0.39, 0.29) is 13.2 Å². The molecule has 8 nitrogen and oxygen atoms in total. The van der Waals surface area contributed by atoms with Crippen molar-refractivity contribution in [1.82, 2.24) is 9.62 Å². The number of hydrogen-bond acceptors (Lipinski definition) is 6. The molecule has 0 aromatic heterocycles. The number of rotatable bonds is 8. The molecule has 1 atom stereocenters. The van der Waals surface area contributed by atoms with E-state index in [0.29, 0.717) is 31.9 Å². The van der Waals surface area contributed by atoms with Gasteiger partial charge in [-0.3, -0.25) is 0 Å². The summed E-state index contributed by atoms with van der Waals surface area (Å²) in [7, 11) is 0.583. The lowest BCUT2D eigenvalue weighted by Gasteiger charge is -2.14. The molecule has 31 heavy (non-hydrogen) atoms. The number of benzene rings is 2. The van der Waals surface area contributed by atoms with E-state index in [2.05, 4.69) is 37.6 Å². The first kappa shape index (κ1) is 24.2. The normalized spacial score (nSPS) is 12.6. The maximum atomic E-state index is 12.8. The molecule has 0 aliphatic heterocycles. The number of carbonyl (C=O) groups excluding carboxylic acids is 1. The first-order valence-corrected chi connectivity index (χ1v) is 11.7. The summed E-state index contributed by atoms with van der Waals surface area (Å²) in [6, 6.07) is 12.2. The summed E-state index contributed by atoms with van der Waals surface area (Å²) in [6.07, 6.45) is 0.801. The number of nitrogens with one attached hydrogen (secondary N) is 1. The molecular weight excluding hydrogens is 484 g/mol. The lowest BCUT2D eigenvalue weighted by Crippen LogP contribution is -2.31. The second kappa shape index (κ2) is 10.8. The Labute approximate surface area is 190 Å². The van der Waals surface area contributed by atoms with Crippen molar-refractivity contribution in [3.05, 3.63) is 52.0 Å². The number of ether oxygens (including phenoxy) is 2. The number of hydrogen-bond donors (Lipinski definition) is 1. The van der Waals surface area contributed by atoms with E-state index in [1.54, 1.807) is 54.6 Å². The molecule has 1 N–H and O–H groups in total. The van der Waals surface area contributed by atoms with E-state index >= 15 is 0 Å². The molecule has 2 rings (SSSR count). The minimum Gasteiger partial charge on any atom is -0.488 e. The van der Waals surface area contributed by atoms with Crippen LogP contribution in [0, 0.1) is 11.3 Å². The summed E-state index contributed by atoms with van der Waals surface area (Å²) in [4.78, 5) is 18.0. The van der Waals surface area contributed by atoms with Crippen molar-refractivity contribution in [3.63, 3.8) is 0 Å². The Kier molecular flexibility index (Phi) is 8.47. The predicted octanol–water partition coefficient (Wildman–Crippen LogP) is 3.86. The Bertz CT molecular complexity index is 1120. The summed E-state index contributed by atoms with van der Waals surface area (Å²) in [5, 5.41) is 9.34. The van der Waals surface area contributed by atoms with Crippen molar-refractivity contribution < 1.29 is 18.5 Å². The number of nitrogens with zero attached hydrogens (tertiary/aromatic N) is 3. The molecular formula is C21H23BrN4O4S. The molecule has 10 heteroatoms. The van der Waals surface area contributed by atoms with Crippen molar-refractivity contribution in [2.24, 2.45) is 4.99 Å². The number of halogens is 1. The van der Waals surface area contributed by atoms with Gasteiger partial charge >= 0.3 is 6.09 Å². The van der Waals surface area contributed by atoms with E-state index in [0.717, 1.165) is 0 Å². The van der Waals surface area contributed by atoms with Gasteiger partial charge in [-0.1, -0.05) is 12.1 Å². The van der Waals surface area contributed by atoms with Crippen LogP contribution in [0.25, 0.3) is 0 Å². The third kappa shape index (κ3) is 7.01. The molecule has 0 radical (unpaired) electrons. The first-order valence-electron chi connectivity index (χ1n) is 9.14. The van der Waals surface area contributed by atoms with Crippen LogP contribution in [0.2, 0.25) is 0 Å². The predicted molar refractivity (Wildman–Crippen MR) is 125 cm³/mol. The largest absolute Gasteiger partial charge is 0.488 e. The van der Waals surface area contributed by atoms with E-state index in [1.165, 1.54) is 0 Å². The number of nitriles is 1. The van der Waals surface area contributed by atoms with Gasteiger partial charge in [0.25, 0.3) is 0 Å². The number of aliphatic imine (C=N–C) groups is 1. The quantitative estimate of drug-likeness (QED) is 0.331. The van der Waals surface area contributed by atoms with Crippen LogP contribution in [0.3, 0.4) is 0 Å². The summed E-state index contributed by atoms with van der Waals surface area (Å²) >= 11 is 3.41. The van der Waals surface area contributed by atoms with Crippen LogP contribution in [0.4, 0.5) is 10.5 Å². The Hall–Kier alpha value is -3.03. The lowest BCUT2D eigenvalue weighted by molar-refractivity contribution is 0.159. The highest BCUT2D eigenvalue weighted by Gasteiger charge is 2.14. The molecule has 0 fully saturated rings. The molecule has 0 saturated heterocycles. The van der Waals surface area contributed by atoms with Crippen LogP contribution in [0.15, 0.2) is 50.8 Å². The summed E-state index contributed by atoms with van der Waals surface area (Å²) < 4.78 is 26.3. The second-order valence-electron chi connectivity index (χ2n) is 6.55. The van der Waals surface area contributed by atoms with Gasteiger partial charge in [-0.2, -0.15) is 5.26 Å². The molecule has 1 amide bonds. The van der Waals surface area contributed by atoms with Crippen molar-refractivity contribution in [2.45, 2.75) is 18.4 Å². The molecule has 0 bridgehead atoms. The Balaban J connectivity index is 2.22. The van der Waals surface area contributed by atoms with Crippen molar-refractivity contribution in [3.8, 4) is 11.8 Å². The third-order valence-electron chi connectivity index (χ3n) is 3.80. The van der Waals surface area contributed by atoms with Gasteiger partial charge in [-0.15, -0.1) is 0 Å². The van der Waals surface area contributed by atoms with Crippen LogP contribution in [-0.4, -0.2) is 48.1 Å². The fraction of sp³-hybridized carbons (Fsp3) is 0.238. The zero-order valence-electron chi connectivity index (χ0n) is 17.4. The van der Waals surface area contributed by atoms with Crippen LogP contribution < -0.4 is 9.46 Å². The number of amides is 1. The van der Waals surface area contributed by atoms with Crippen LogP contribution in [0.1, 0.15) is 18.1 Å². The maximum absolute atomic E-state index is 12.8. The highest BCUT2D eigenvalue weighted by molar-refractivity contribution is 9.10. The topological polar surface area (TPSA) is 104 Å². The zero-order valence-corrected chi connectivity index (χ0v) is 19.8. The lowest BCUT2D eigenvalue weighted by atomic mass is 10.2. The van der Waals surface area contributed by atoms with Crippen LogP contribution >= 0.6 is 15.9 Å². The third-order valence-corrected chi connectivity index (χ3v) is 5.93. The Morgan fingerprint density at radius 3 is 2.77 bits per heavy atom. The number of carbonyl (C=O) groups is 1. The fourth-order valence-corrected chi connectivity index (χ4v) is 3.93. The maximum Gasteiger partial charge on any atom is 0.418 e. The summed E-state index contributed by atoms with van der Waals surface area (Å²) in [5.41, 5.74) is 1.60. The molecule has 0 spiro atoms. The molecule has 0 aliphatic rings. The molecule has 2 aromatic carbocycles. The van der Waals surface area contributed by atoms with Crippen molar-refractivity contribution in [1.29, 1.82) is 5.26 Å². The average Bonchev–Trinajstić information content (AvgIpc) is 2.71. The minimum atomic E-state index is -3.08. The van der Waals surface area contributed by atoms with E-state index in [9.17, 15) is 14.3 Å². The van der Waals surface area contributed by atoms with Gasteiger partial charge in [-0.05, 0) is 52.5 Å². The minimum absolute atomic E-state index is 0.157. The highest BCUT2D eigenvalue weighted by Crippen LogP contribution is 2.33. The van der Waals surface area contributed by atoms with Crippen molar-refractivity contribution >= 4 is 49.6 Å². The second-order valence-corrected chi connectivity index (χ2v) is 9.43. The first-order chi connectivity index (χ1) is 14.7. The van der Waals surface area contributed by atoms with Gasteiger partial charge in [0, 0.05) is 20.2 Å². The van der Waals surface area contributed by atoms with Crippen LogP contribution in [0.5, 0.6) is 5.75 Å². The Morgan fingerprint density at radius 2 is 2.13 bits per heavy atom. The van der Waals surface area contributed by atoms with Gasteiger partial charge in [0.15, 0.2) is 0 Å². The fourth-order valence-electron chi connectivity index (χ4n) is 2.38. The van der Waals surface area contributed by atoms with Crippen LogP contribution in [-0.2, 0) is 21.1 Å². The van der Waals surface area contributed by atoms with Gasteiger partial charge in [-0.25, -0.2) is 18.7 Å². The van der Waals surface area contributed by atoms with E-state index in [4.69, 9.17) is 9.47 Å². The molecule has 164 valence electrons. The summed E-state index contributed by atoms with van der Waals surface area (Å²) in [6.45, 7) is 1.97. The van der Waals surface area contributed by atoms with Gasteiger partial charge in [0.05, 0.1) is 43.3 Å². The van der Waals surface area contributed by atoms with E-state index < -0.39 is 15.8 Å². The monoisotopic (exact) mass is 506 g/mol. The van der Waals surface area contributed by atoms with Gasteiger partial charge < -0.3 is 14.4 Å². The molecule has 0 aliphatic carbocycles. The molecule has 2 aromatic rings. The molecule has 1 unspecified atom stereocenters. The van der Waals surface area contributed by atoms with Crippen molar-refractivity contribution in [2.75, 3.05) is 20.7 Å². The zero-order chi connectivity index (χ0) is 23.0. The highest BCUT2D eigenvalue weighted by atomic mass is 79.9. The molecule has 0 heterocycles. The van der Waals surface area contributed by atoms with Gasteiger partial charge in [0.1, 0.15) is 18.4 Å². The smallest absolute Gasteiger partial charge is 0.418 e. The SMILES string of the molecule is C=S(=O)(NC(=O)OCC)c1cccc(COc2cc(N=CN(C)C)c(C#N)cc2Br)c1. The average molecular weight is 507 g/mol. The molecule has 0 saturated carbocycles. The Morgan fingerprint density at radius 1 is 1.39 bits per heavy atom. The summed E-state index contributed by atoms with van der Waals surface area (Å²) in [5.74, 6) is 4.11. The standard InChI is InChI=1S/C21H23BrN4O4S/c1-5-29-21(27)25-31(4,28)17-8-6-7-15(9-17)13-30-20-11-19(24-14-26(2)3)16(12-23)10-18(20)22/h6-11,14H,4-5,13H2,1-3H3,(H,25,27,28).